The first kappa shape index (κ1) is 22.8. The molecule has 144 valence electrons. The Morgan fingerprint density at radius 2 is 1.42 bits per heavy atom. The third-order valence-electron chi connectivity index (χ3n) is 3.41. The van der Waals surface area contributed by atoms with E-state index in [-0.39, 0.29) is 6.61 Å². The molecule has 2 aromatic carbocycles. The van der Waals surface area contributed by atoms with E-state index in [2.05, 4.69) is 31.9 Å². The molecule has 2 atom stereocenters. The second kappa shape index (κ2) is 11.5. The molecule has 2 rings (SSSR count). The molecule has 8 heteroatoms. The predicted octanol–water partition coefficient (Wildman–Crippen LogP) is 4.92. The van der Waals surface area contributed by atoms with E-state index in [1.165, 1.54) is 19.2 Å². The molecule has 0 saturated heterocycles. The Morgan fingerprint density at radius 1 is 0.962 bits per heavy atom. The Morgan fingerprint density at radius 3 is 1.85 bits per heavy atom. The minimum Gasteiger partial charge on any atom is -0.496 e. The van der Waals surface area contributed by atoms with Gasteiger partial charge in [0.25, 0.3) is 0 Å². The summed E-state index contributed by atoms with van der Waals surface area (Å²) in [6, 6.07) is 9.83. The zero-order valence-electron chi connectivity index (χ0n) is 14.3. The summed E-state index contributed by atoms with van der Waals surface area (Å²) in [5, 5.41) is 18.0. The van der Waals surface area contributed by atoms with Crippen LogP contribution in [0, 0.1) is 0 Å². The highest BCUT2D eigenvalue weighted by atomic mass is 79.9. The molecule has 0 aliphatic heterocycles. The Hall–Kier alpha value is -1.22. The molecule has 4 nitrogen and oxygen atoms in total. The van der Waals surface area contributed by atoms with Crippen molar-refractivity contribution in [3.8, 4) is 11.5 Å². The molecule has 0 spiro atoms. The third kappa shape index (κ3) is 6.50. The van der Waals surface area contributed by atoms with Gasteiger partial charge < -0.3 is 19.7 Å². The van der Waals surface area contributed by atoms with Gasteiger partial charge >= 0.3 is 0 Å². The molecular formula is C18H20Br2F2O4. The van der Waals surface area contributed by atoms with E-state index in [9.17, 15) is 13.9 Å². The number of aliphatic hydroxyl groups excluding tert-OH is 2. The topological polar surface area (TPSA) is 58.9 Å². The highest BCUT2D eigenvalue weighted by molar-refractivity contribution is 9.10. The van der Waals surface area contributed by atoms with E-state index >= 15 is 0 Å². The molecule has 2 N–H and O–H groups in total. The van der Waals surface area contributed by atoms with Gasteiger partial charge in [-0.05, 0) is 67.3 Å². The number of alkyl halides is 2. The van der Waals surface area contributed by atoms with Crippen molar-refractivity contribution < 1.29 is 28.5 Å². The fraction of sp³-hybridized carbons (Fsp3) is 0.333. The fourth-order valence-corrected chi connectivity index (χ4v) is 2.77. The minimum atomic E-state index is -1.57. The number of rotatable bonds is 6. The van der Waals surface area contributed by atoms with Gasteiger partial charge in [-0.2, -0.15) is 0 Å². The first-order chi connectivity index (χ1) is 12.4. The van der Waals surface area contributed by atoms with E-state index in [1.807, 2.05) is 0 Å². The van der Waals surface area contributed by atoms with Crippen molar-refractivity contribution in [3.05, 3.63) is 56.5 Å². The van der Waals surface area contributed by atoms with Crippen LogP contribution in [0.1, 0.15) is 23.4 Å². The number of methoxy groups -OCH3 is 2. The van der Waals surface area contributed by atoms with Gasteiger partial charge in [-0.1, -0.05) is 12.1 Å². The largest absolute Gasteiger partial charge is 0.496 e. The van der Waals surface area contributed by atoms with Crippen molar-refractivity contribution in [3.63, 3.8) is 0 Å². The van der Waals surface area contributed by atoms with Crippen LogP contribution < -0.4 is 9.47 Å². The molecule has 0 bridgehead atoms. The smallest absolute Gasteiger partial charge is 0.153 e. The van der Waals surface area contributed by atoms with E-state index < -0.39 is 19.0 Å². The van der Waals surface area contributed by atoms with E-state index in [0.717, 1.165) is 8.95 Å². The molecule has 0 heterocycles. The van der Waals surface area contributed by atoms with Gasteiger partial charge in [-0.15, -0.1) is 0 Å². The van der Waals surface area contributed by atoms with Crippen LogP contribution in [0.25, 0.3) is 0 Å². The van der Waals surface area contributed by atoms with Crippen molar-refractivity contribution in [1.29, 1.82) is 0 Å². The summed E-state index contributed by atoms with van der Waals surface area (Å²) in [6.45, 7) is -1.30. The van der Waals surface area contributed by atoms with Crippen molar-refractivity contribution >= 4 is 31.9 Å². The van der Waals surface area contributed by atoms with E-state index in [4.69, 9.17) is 14.6 Å². The quantitative estimate of drug-likeness (QED) is 0.594. The van der Waals surface area contributed by atoms with Crippen LogP contribution in [0.5, 0.6) is 11.5 Å². The van der Waals surface area contributed by atoms with Crippen LogP contribution in [0.3, 0.4) is 0 Å². The van der Waals surface area contributed by atoms with Crippen molar-refractivity contribution in [2.45, 2.75) is 12.3 Å². The maximum absolute atomic E-state index is 12.9. The average molecular weight is 498 g/mol. The Labute approximate surface area is 168 Å². The monoisotopic (exact) mass is 496 g/mol. The third-order valence-corrected chi connectivity index (χ3v) is 4.72. The number of aliphatic hydroxyl groups is 2. The summed E-state index contributed by atoms with van der Waals surface area (Å²) < 4.78 is 36.4. The standard InChI is InChI=1S/C9H9BrF2O.C9H11BrO3/c2*1-13-9-4-6(8(12)5-11)2-3-7(9)10/h2-4,8H,5H2,1H3;2-4,8,11-12H,5H2,1H3. The average Bonchev–Trinajstić information content (AvgIpc) is 2.68. The van der Waals surface area contributed by atoms with Gasteiger partial charge in [0.1, 0.15) is 24.3 Å². The molecule has 2 aromatic rings. The second-order valence-electron chi connectivity index (χ2n) is 5.11. The summed E-state index contributed by atoms with van der Waals surface area (Å²) in [7, 11) is 3.03. The molecule has 2 unspecified atom stereocenters. The summed E-state index contributed by atoms with van der Waals surface area (Å²) in [5.41, 5.74) is 0.935. The molecule has 0 radical (unpaired) electrons. The van der Waals surface area contributed by atoms with E-state index in [1.54, 1.807) is 31.4 Å². The molecule has 0 amide bonds. The number of hydrogen-bond donors (Lipinski definition) is 2. The van der Waals surface area contributed by atoms with Gasteiger partial charge in [-0.3, -0.25) is 0 Å². The van der Waals surface area contributed by atoms with Gasteiger partial charge in [0.2, 0.25) is 0 Å². The summed E-state index contributed by atoms with van der Waals surface area (Å²) in [4.78, 5) is 0. The molecule has 0 saturated carbocycles. The lowest BCUT2D eigenvalue weighted by atomic mass is 10.1. The molecule has 0 fully saturated rings. The Bertz CT molecular complexity index is 641. The van der Waals surface area contributed by atoms with E-state index in [0.29, 0.717) is 22.6 Å². The van der Waals surface area contributed by atoms with Crippen LogP contribution >= 0.6 is 31.9 Å². The summed E-state index contributed by atoms with van der Waals surface area (Å²) in [6.07, 6.45) is -2.41. The lowest BCUT2D eigenvalue weighted by molar-refractivity contribution is 0.0954. The summed E-state index contributed by atoms with van der Waals surface area (Å²) >= 11 is 6.51. The van der Waals surface area contributed by atoms with Crippen LogP contribution in [0.2, 0.25) is 0 Å². The maximum atomic E-state index is 12.9. The summed E-state index contributed by atoms with van der Waals surface area (Å²) in [5.74, 6) is 1.15. The highest BCUT2D eigenvalue weighted by Gasteiger charge is 2.11. The molecule has 26 heavy (non-hydrogen) atoms. The lowest BCUT2D eigenvalue weighted by Crippen LogP contribution is -2.02. The zero-order valence-corrected chi connectivity index (χ0v) is 17.4. The van der Waals surface area contributed by atoms with Gasteiger partial charge in [-0.25, -0.2) is 8.78 Å². The Balaban J connectivity index is 0.000000260. The van der Waals surface area contributed by atoms with Crippen molar-refractivity contribution in [1.82, 2.24) is 0 Å². The van der Waals surface area contributed by atoms with Crippen LogP contribution in [0.4, 0.5) is 8.78 Å². The number of ether oxygens (including phenoxy) is 2. The normalized spacial score (nSPS) is 12.6. The van der Waals surface area contributed by atoms with Gasteiger partial charge in [0, 0.05) is 0 Å². The predicted molar refractivity (Wildman–Crippen MR) is 103 cm³/mol. The molecule has 0 aliphatic carbocycles. The van der Waals surface area contributed by atoms with Gasteiger partial charge in [0.15, 0.2) is 6.17 Å². The van der Waals surface area contributed by atoms with Crippen molar-refractivity contribution in [2.24, 2.45) is 0 Å². The van der Waals surface area contributed by atoms with Crippen LogP contribution in [-0.2, 0) is 0 Å². The van der Waals surface area contributed by atoms with Crippen LogP contribution in [0.15, 0.2) is 45.3 Å². The molecule has 0 aliphatic rings. The van der Waals surface area contributed by atoms with Crippen LogP contribution in [-0.4, -0.2) is 37.7 Å². The zero-order chi connectivity index (χ0) is 19.7. The molecule has 0 aromatic heterocycles. The molecular weight excluding hydrogens is 478 g/mol. The number of halogens is 4. The highest BCUT2D eigenvalue weighted by Crippen LogP contribution is 2.29. The first-order valence-corrected chi connectivity index (χ1v) is 9.12. The number of hydrogen-bond acceptors (Lipinski definition) is 4. The van der Waals surface area contributed by atoms with Crippen molar-refractivity contribution in [2.75, 3.05) is 27.5 Å². The first-order valence-electron chi connectivity index (χ1n) is 7.53. The lowest BCUT2D eigenvalue weighted by Gasteiger charge is -2.10. The minimum absolute atomic E-state index is 0.287. The second-order valence-corrected chi connectivity index (χ2v) is 6.82. The fourth-order valence-electron chi connectivity index (χ4n) is 1.95. The Kier molecular flexibility index (Phi) is 10.1. The SMILES string of the molecule is COc1cc(C(F)CF)ccc1Br.COc1cc(C(O)CO)ccc1Br. The number of benzene rings is 2. The maximum Gasteiger partial charge on any atom is 0.153 e. The van der Waals surface area contributed by atoms with Gasteiger partial charge in [0.05, 0.1) is 29.8 Å².